The molecular formula is C8H5F2N. The van der Waals surface area contributed by atoms with E-state index in [4.69, 9.17) is 12.2 Å². The Morgan fingerprint density at radius 1 is 1.27 bits per heavy atom. The number of nitrogen functional groups attached to an aromatic ring is 1. The smallest absolute Gasteiger partial charge is 0.147 e. The number of benzene rings is 1. The lowest BCUT2D eigenvalue weighted by molar-refractivity contribution is 0.601. The van der Waals surface area contributed by atoms with Crippen molar-refractivity contribution in [1.29, 1.82) is 0 Å². The maximum Gasteiger partial charge on any atom is 0.147 e. The normalized spacial score (nSPS) is 9.18. The van der Waals surface area contributed by atoms with Gasteiger partial charge >= 0.3 is 0 Å². The van der Waals surface area contributed by atoms with E-state index >= 15 is 0 Å². The zero-order valence-corrected chi connectivity index (χ0v) is 5.57. The fourth-order valence-corrected chi connectivity index (χ4v) is 0.673. The second-order valence-corrected chi connectivity index (χ2v) is 2.00. The molecule has 0 saturated carbocycles. The van der Waals surface area contributed by atoms with Gasteiger partial charge in [-0.2, -0.15) is 0 Å². The molecule has 1 nitrogen and oxygen atoms in total. The summed E-state index contributed by atoms with van der Waals surface area (Å²) in [5.74, 6) is 0.623. The van der Waals surface area contributed by atoms with Crippen molar-refractivity contribution in [3.8, 4) is 12.3 Å². The number of hydrogen-bond acceptors (Lipinski definition) is 1. The Hall–Kier alpha value is -1.56. The van der Waals surface area contributed by atoms with Gasteiger partial charge < -0.3 is 5.73 Å². The molecule has 56 valence electrons. The second-order valence-electron chi connectivity index (χ2n) is 2.00. The van der Waals surface area contributed by atoms with E-state index in [1.165, 1.54) is 0 Å². The van der Waals surface area contributed by atoms with Crippen molar-refractivity contribution >= 4 is 5.69 Å². The van der Waals surface area contributed by atoms with Crippen LogP contribution in [-0.2, 0) is 0 Å². The molecule has 0 atom stereocenters. The molecule has 0 bridgehead atoms. The standard InChI is InChI=1S/C8H5F2N/c1-2-5-3-7(10)8(11)4-6(5)9/h1,3-4H,11H2. The van der Waals surface area contributed by atoms with Gasteiger partial charge in [0.25, 0.3) is 0 Å². The van der Waals surface area contributed by atoms with Crippen LogP contribution in [0, 0.1) is 24.0 Å². The molecule has 2 N–H and O–H groups in total. The number of terminal acetylenes is 1. The van der Waals surface area contributed by atoms with Crippen LogP contribution in [-0.4, -0.2) is 0 Å². The Balaban J connectivity index is 3.35. The summed E-state index contributed by atoms with van der Waals surface area (Å²) in [7, 11) is 0. The molecule has 0 unspecified atom stereocenters. The Morgan fingerprint density at radius 2 is 1.91 bits per heavy atom. The van der Waals surface area contributed by atoms with Crippen molar-refractivity contribution < 1.29 is 8.78 Å². The van der Waals surface area contributed by atoms with Crippen LogP contribution < -0.4 is 5.73 Å². The molecule has 0 fully saturated rings. The van der Waals surface area contributed by atoms with Gasteiger partial charge in [0.05, 0.1) is 11.3 Å². The van der Waals surface area contributed by atoms with Crippen LogP contribution in [0.2, 0.25) is 0 Å². The molecule has 0 radical (unpaired) electrons. The van der Waals surface area contributed by atoms with E-state index in [-0.39, 0.29) is 11.3 Å². The topological polar surface area (TPSA) is 26.0 Å². The third kappa shape index (κ3) is 1.30. The summed E-state index contributed by atoms with van der Waals surface area (Å²) >= 11 is 0. The molecule has 1 rings (SSSR count). The first kappa shape index (κ1) is 7.55. The Labute approximate surface area is 62.8 Å². The Kier molecular flexibility index (Phi) is 1.77. The summed E-state index contributed by atoms with van der Waals surface area (Å²) in [5, 5.41) is 0. The van der Waals surface area contributed by atoms with Crippen molar-refractivity contribution in [3.63, 3.8) is 0 Å². The van der Waals surface area contributed by atoms with Crippen molar-refractivity contribution in [1.82, 2.24) is 0 Å². The largest absolute Gasteiger partial charge is 0.396 e. The second kappa shape index (κ2) is 2.59. The highest BCUT2D eigenvalue weighted by Gasteiger charge is 2.04. The van der Waals surface area contributed by atoms with E-state index in [0.29, 0.717) is 0 Å². The van der Waals surface area contributed by atoms with Crippen LogP contribution in [0.3, 0.4) is 0 Å². The number of nitrogens with two attached hydrogens (primary N) is 1. The van der Waals surface area contributed by atoms with Crippen molar-refractivity contribution in [2.75, 3.05) is 5.73 Å². The van der Waals surface area contributed by atoms with Gasteiger partial charge in [-0.05, 0) is 6.07 Å². The fourth-order valence-electron chi connectivity index (χ4n) is 0.673. The molecule has 1 aromatic carbocycles. The van der Waals surface area contributed by atoms with Gasteiger partial charge in [-0.3, -0.25) is 0 Å². The summed E-state index contributed by atoms with van der Waals surface area (Å²) in [5.41, 5.74) is 4.71. The van der Waals surface area contributed by atoms with Gasteiger partial charge in [0.2, 0.25) is 0 Å². The molecule has 0 aliphatic rings. The molecule has 0 saturated heterocycles. The van der Waals surface area contributed by atoms with Gasteiger partial charge in [0.1, 0.15) is 11.6 Å². The molecule has 0 heterocycles. The lowest BCUT2D eigenvalue weighted by atomic mass is 10.2. The molecule has 0 aliphatic heterocycles. The quantitative estimate of drug-likeness (QED) is 0.444. The molecule has 0 amide bonds. The zero-order chi connectivity index (χ0) is 8.43. The third-order valence-corrected chi connectivity index (χ3v) is 1.24. The van der Waals surface area contributed by atoms with Gasteiger partial charge in [-0.25, -0.2) is 8.78 Å². The molecular weight excluding hydrogens is 148 g/mol. The summed E-state index contributed by atoms with van der Waals surface area (Å²) in [6.45, 7) is 0. The van der Waals surface area contributed by atoms with E-state index in [9.17, 15) is 8.78 Å². The molecule has 0 aromatic heterocycles. The lowest BCUT2D eigenvalue weighted by Gasteiger charge is -1.97. The Bertz CT molecular complexity index is 326. The maximum absolute atomic E-state index is 12.6. The van der Waals surface area contributed by atoms with E-state index in [2.05, 4.69) is 0 Å². The summed E-state index contributed by atoms with van der Waals surface area (Å²) in [4.78, 5) is 0. The van der Waals surface area contributed by atoms with Gasteiger partial charge in [-0.15, -0.1) is 6.42 Å². The van der Waals surface area contributed by atoms with E-state index < -0.39 is 11.6 Å². The van der Waals surface area contributed by atoms with Crippen LogP contribution in [0.5, 0.6) is 0 Å². The van der Waals surface area contributed by atoms with E-state index in [0.717, 1.165) is 12.1 Å². The monoisotopic (exact) mass is 153 g/mol. The van der Waals surface area contributed by atoms with E-state index in [1.54, 1.807) is 0 Å². The van der Waals surface area contributed by atoms with Crippen molar-refractivity contribution in [2.45, 2.75) is 0 Å². The zero-order valence-electron chi connectivity index (χ0n) is 5.57. The number of anilines is 1. The molecule has 0 spiro atoms. The minimum Gasteiger partial charge on any atom is -0.396 e. The molecule has 11 heavy (non-hydrogen) atoms. The number of halogens is 2. The third-order valence-electron chi connectivity index (χ3n) is 1.24. The first-order chi connectivity index (χ1) is 5.15. The lowest BCUT2D eigenvalue weighted by Crippen LogP contribution is -1.94. The highest BCUT2D eigenvalue weighted by atomic mass is 19.1. The fraction of sp³-hybridized carbons (Fsp3) is 0. The van der Waals surface area contributed by atoms with Gasteiger partial charge in [-0.1, -0.05) is 5.92 Å². The SMILES string of the molecule is C#Cc1cc(F)c(N)cc1F. The highest BCUT2D eigenvalue weighted by molar-refractivity contribution is 5.46. The maximum atomic E-state index is 12.6. The van der Waals surface area contributed by atoms with Crippen molar-refractivity contribution in [3.05, 3.63) is 29.3 Å². The summed E-state index contributed by atoms with van der Waals surface area (Å²) < 4.78 is 25.2. The van der Waals surface area contributed by atoms with Crippen LogP contribution in [0.4, 0.5) is 14.5 Å². The van der Waals surface area contributed by atoms with Crippen LogP contribution in [0.1, 0.15) is 5.56 Å². The summed E-state index contributed by atoms with van der Waals surface area (Å²) in [6, 6.07) is 1.76. The minimum absolute atomic E-state index is 0.114. The van der Waals surface area contributed by atoms with Gasteiger partial charge in [0, 0.05) is 6.07 Å². The van der Waals surface area contributed by atoms with Gasteiger partial charge in [0.15, 0.2) is 0 Å². The average molecular weight is 153 g/mol. The molecule has 1 aromatic rings. The molecule has 0 aliphatic carbocycles. The predicted octanol–water partition coefficient (Wildman–Crippen LogP) is 1.53. The number of rotatable bonds is 0. The van der Waals surface area contributed by atoms with Crippen LogP contribution in [0.25, 0.3) is 0 Å². The van der Waals surface area contributed by atoms with Crippen LogP contribution >= 0.6 is 0 Å². The summed E-state index contributed by atoms with van der Waals surface area (Å²) in [6.07, 6.45) is 4.87. The average Bonchev–Trinajstić information content (AvgIpc) is 1.97. The number of hydrogen-bond donors (Lipinski definition) is 1. The molecule has 3 heteroatoms. The Morgan fingerprint density at radius 3 is 2.45 bits per heavy atom. The van der Waals surface area contributed by atoms with E-state index in [1.807, 2.05) is 5.92 Å². The predicted molar refractivity (Wildman–Crippen MR) is 38.7 cm³/mol. The highest BCUT2D eigenvalue weighted by Crippen LogP contribution is 2.15. The minimum atomic E-state index is -0.695. The van der Waals surface area contributed by atoms with Crippen molar-refractivity contribution in [2.24, 2.45) is 0 Å². The van der Waals surface area contributed by atoms with Crippen LogP contribution in [0.15, 0.2) is 12.1 Å². The first-order valence-corrected chi connectivity index (χ1v) is 2.86. The first-order valence-electron chi connectivity index (χ1n) is 2.86.